The second-order valence-corrected chi connectivity index (χ2v) is 3.54. The second-order valence-electron chi connectivity index (χ2n) is 3.54. The number of carboxylic acid groups (broad SMARTS) is 1. The van der Waals surface area contributed by atoms with Crippen LogP contribution in [-0.4, -0.2) is 17.1 Å². The van der Waals surface area contributed by atoms with Crippen molar-refractivity contribution in [2.24, 2.45) is 0 Å². The van der Waals surface area contributed by atoms with Gasteiger partial charge in [-0.3, -0.25) is 0 Å². The number of hydrogen-bond donors (Lipinski definition) is 2. The number of aromatic carboxylic acids is 1. The minimum atomic E-state index is -0.881. The summed E-state index contributed by atoms with van der Waals surface area (Å²) in [4.78, 5) is 10.6. The van der Waals surface area contributed by atoms with Crippen LogP contribution in [0.15, 0.2) is 24.3 Å². The molecule has 0 atom stereocenters. The minimum Gasteiger partial charge on any atom is -0.478 e. The maximum absolute atomic E-state index is 10.6. The first-order valence-corrected chi connectivity index (χ1v) is 4.65. The average molecular weight is 193 g/mol. The number of hydrogen-bond acceptors (Lipinski definition) is 2. The van der Waals surface area contributed by atoms with Crippen LogP contribution >= 0.6 is 0 Å². The SMILES string of the molecule is CC(C)NCc1ccc(C(=O)O)cc1. The molecule has 0 amide bonds. The van der Waals surface area contributed by atoms with E-state index in [4.69, 9.17) is 5.11 Å². The van der Waals surface area contributed by atoms with Gasteiger partial charge in [0.05, 0.1) is 5.56 Å². The number of carboxylic acids is 1. The number of rotatable bonds is 4. The summed E-state index contributed by atoms with van der Waals surface area (Å²) < 4.78 is 0. The standard InChI is InChI=1S/C11H15NO2/c1-8(2)12-7-9-3-5-10(6-4-9)11(13)14/h3-6,8,12H,7H2,1-2H3,(H,13,14). The van der Waals surface area contributed by atoms with Crippen LogP contribution < -0.4 is 5.32 Å². The highest BCUT2D eigenvalue weighted by Gasteiger charge is 2.01. The van der Waals surface area contributed by atoms with Gasteiger partial charge in [0.15, 0.2) is 0 Å². The predicted octanol–water partition coefficient (Wildman–Crippen LogP) is 1.88. The first-order chi connectivity index (χ1) is 6.59. The fraction of sp³-hybridized carbons (Fsp3) is 0.364. The highest BCUT2D eigenvalue weighted by molar-refractivity contribution is 5.87. The fourth-order valence-corrected chi connectivity index (χ4v) is 1.09. The molecule has 0 spiro atoms. The lowest BCUT2D eigenvalue weighted by Crippen LogP contribution is -2.21. The lowest BCUT2D eigenvalue weighted by molar-refractivity contribution is 0.0697. The molecule has 0 saturated heterocycles. The van der Waals surface area contributed by atoms with Crippen LogP contribution in [0.5, 0.6) is 0 Å². The van der Waals surface area contributed by atoms with Crippen LogP contribution in [0.2, 0.25) is 0 Å². The molecule has 0 radical (unpaired) electrons. The maximum Gasteiger partial charge on any atom is 0.335 e. The zero-order valence-electron chi connectivity index (χ0n) is 8.45. The van der Waals surface area contributed by atoms with Gasteiger partial charge in [0.1, 0.15) is 0 Å². The Labute approximate surface area is 83.8 Å². The van der Waals surface area contributed by atoms with Gasteiger partial charge in [-0.1, -0.05) is 26.0 Å². The molecule has 1 aromatic carbocycles. The zero-order valence-corrected chi connectivity index (χ0v) is 8.45. The van der Waals surface area contributed by atoms with Crippen molar-refractivity contribution in [3.05, 3.63) is 35.4 Å². The van der Waals surface area contributed by atoms with Crippen LogP contribution in [0.1, 0.15) is 29.8 Å². The molecule has 76 valence electrons. The van der Waals surface area contributed by atoms with Crippen molar-refractivity contribution < 1.29 is 9.90 Å². The highest BCUT2D eigenvalue weighted by atomic mass is 16.4. The van der Waals surface area contributed by atoms with E-state index < -0.39 is 5.97 Å². The summed E-state index contributed by atoms with van der Waals surface area (Å²) in [6.45, 7) is 4.93. The van der Waals surface area contributed by atoms with Crippen molar-refractivity contribution in [3.8, 4) is 0 Å². The van der Waals surface area contributed by atoms with Gasteiger partial charge in [0, 0.05) is 12.6 Å². The molecule has 0 saturated carbocycles. The monoisotopic (exact) mass is 193 g/mol. The molecule has 1 aromatic rings. The topological polar surface area (TPSA) is 49.3 Å². The summed E-state index contributed by atoms with van der Waals surface area (Å²) in [7, 11) is 0. The Morgan fingerprint density at radius 3 is 2.36 bits per heavy atom. The predicted molar refractivity (Wildman–Crippen MR) is 55.4 cm³/mol. The van der Waals surface area contributed by atoms with E-state index in [0.29, 0.717) is 11.6 Å². The Morgan fingerprint density at radius 2 is 1.93 bits per heavy atom. The van der Waals surface area contributed by atoms with Crippen molar-refractivity contribution in [2.75, 3.05) is 0 Å². The Balaban J connectivity index is 2.60. The third-order valence-electron chi connectivity index (χ3n) is 1.92. The lowest BCUT2D eigenvalue weighted by atomic mass is 10.1. The van der Waals surface area contributed by atoms with E-state index in [1.807, 2.05) is 12.1 Å². The van der Waals surface area contributed by atoms with E-state index >= 15 is 0 Å². The molecule has 0 unspecified atom stereocenters. The van der Waals surface area contributed by atoms with E-state index in [1.54, 1.807) is 12.1 Å². The van der Waals surface area contributed by atoms with Crippen molar-refractivity contribution in [2.45, 2.75) is 26.4 Å². The van der Waals surface area contributed by atoms with Gasteiger partial charge in [0.25, 0.3) is 0 Å². The molecule has 0 fully saturated rings. The van der Waals surface area contributed by atoms with Crippen molar-refractivity contribution in [3.63, 3.8) is 0 Å². The van der Waals surface area contributed by atoms with E-state index in [9.17, 15) is 4.79 Å². The summed E-state index contributed by atoms with van der Waals surface area (Å²) in [6, 6.07) is 7.35. The maximum atomic E-state index is 10.6. The quantitative estimate of drug-likeness (QED) is 0.767. The van der Waals surface area contributed by atoms with Crippen molar-refractivity contribution in [1.29, 1.82) is 0 Å². The Morgan fingerprint density at radius 1 is 1.36 bits per heavy atom. The molecule has 3 nitrogen and oxygen atoms in total. The number of benzene rings is 1. The molecule has 14 heavy (non-hydrogen) atoms. The van der Waals surface area contributed by atoms with Crippen LogP contribution in [0.4, 0.5) is 0 Å². The van der Waals surface area contributed by atoms with E-state index in [-0.39, 0.29) is 0 Å². The smallest absolute Gasteiger partial charge is 0.335 e. The molecule has 0 aliphatic heterocycles. The minimum absolute atomic E-state index is 0.332. The average Bonchev–Trinajstić information content (AvgIpc) is 2.15. The summed E-state index contributed by atoms with van der Waals surface area (Å²) in [5, 5.41) is 11.9. The molecule has 0 aliphatic carbocycles. The molecular weight excluding hydrogens is 178 g/mol. The molecular formula is C11H15NO2. The van der Waals surface area contributed by atoms with Crippen LogP contribution in [0.25, 0.3) is 0 Å². The third-order valence-corrected chi connectivity index (χ3v) is 1.92. The van der Waals surface area contributed by atoms with E-state index in [0.717, 1.165) is 12.1 Å². The Bertz CT molecular complexity index is 304. The summed E-state index contributed by atoms with van der Waals surface area (Å²) in [5.74, 6) is -0.881. The summed E-state index contributed by atoms with van der Waals surface area (Å²) in [5.41, 5.74) is 1.43. The third kappa shape index (κ3) is 3.18. The molecule has 2 N–H and O–H groups in total. The fourth-order valence-electron chi connectivity index (χ4n) is 1.09. The van der Waals surface area contributed by atoms with Gasteiger partial charge >= 0.3 is 5.97 Å². The van der Waals surface area contributed by atoms with Crippen LogP contribution in [0.3, 0.4) is 0 Å². The molecule has 3 heteroatoms. The van der Waals surface area contributed by atoms with Crippen LogP contribution in [0, 0.1) is 0 Å². The van der Waals surface area contributed by atoms with E-state index in [2.05, 4.69) is 19.2 Å². The first kappa shape index (κ1) is 10.7. The van der Waals surface area contributed by atoms with Gasteiger partial charge in [-0.15, -0.1) is 0 Å². The normalized spacial score (nSPS) is 10.5. The van der Waals surface area contributed by atoms with Crippen LogP contribution in [-0.2, 0) is 6.54 Å². The van der Waals surface area contributed by atoms with Gasteiger partial charge in [0.2, 0.25) is 0 Å². The Hall–Kier alpha value is -1.35. The zero-order chi connectivity index (χ0) is 10.6. The largest absolute Gasteiger partial charge is 0.478 e. The highest BCUT2D eigenvalue weighted by Crippen LogP contribution is 2.04. The molecule has 0 aliphatic rings. The van der Waals surface area contributed by atoms with Crippen molar-refractivity contribution >= 4 is 5.97 Å². The van der Waals surface area contributed by atoms with Gasteiger partial charge in [-0.05, 0) is 17.7 Å². The lowest BCUT2D eigenvalue weighted by Gasteiger charge is -2.07. The number of carbonyl (C=O) groups is 1. The summed E-state index contributed by atoms with van der Waals surface area (Å²) in [6.07, 6.45) is 0. The summed E-state index contributed by atoms with van der Waals surface area (Å²) >= 11 is 0. The molecule has 0 heterocycles. The number of nitrogens with one attached hydrogen (secondary N) is 1. The Kier molecular flexibility index (Phi) is 3.65. The molecule has 0 bridgehead atoms. The van der Waals surface area contributed by atoms with Gasteiger partial charge < -0.3 is 10.4 Å². The van der Waals surface area contributed by atoms with Crippen molar-refractivity contribution in [1.82, 2.24) is 5.32 Å². The van der Waals surface area contributed by atoms with Gasteiger partial charge in [-0.2, -0.15) is 0 Å². The first-order valence-electron chi connectivity index (χ1n) is 4.65. The van der Waals surface area contributed by atoms with E-state index in [1.165, 1.54) is 0 Å². The van der Waals surface area contributed by atoms with Gasteiger partial charge in [-0.25, -0.2) is 4.79 Å². The second kappa shape index (κ2) is 4.77. The molecule has 0 aromatic heterocycles. The molecule has 1 rings (SSSR count).